The van der Waals surface area contributed by atoms with Crippen LogP contribution in [-0.4, -0.2) is 31.8 Å². The number of aromatic amines is 1. The number of nitrogens with zero attached hydrogens (tertiary/aromatic N) is 4. The normalized spacial score (nSPS) is 18.5. The van der Waals surface area contributed by atoms with Crippen LogP contribution in [0.15, 0.2) is 95.1 Å². The molecule has 0 unspecified atom stereocenters. The molecule has 1 aliphatic heterocycles. The number of H-pyrrole nitrogens is 1. The number of aryl methyl sites for hydroxylation is 1. The minimum absolute atomic E-state index is 0.283. The van der Waals surface area contributed by atoms with Crippen molar-refractivity contribution in [3.8, 4) is 11.3 Å². The van der Waals surface area contributed by atoms with Crippen LogP contribution in [0, 0.1) is 12.7 Å². The zero-order valence-corrected chi connectivity index (χ0v) is 21.7. The van der Waals surface area contributed by atoms with Crippen molar-refractivity contribution in [1.29, 1.82) is 0 Å². The molecule has 6 rings (SSSR count). The Kier molecular flexibility index (Phi) is 6.12. The molecular formula is C31H29FN6. The van der Waals surface area contributed by atoms with E-state index in [1.807, 2.05) is 38.5 Å². The van der Waals surface area contributed by atoms with Gasteiger partial charge in [-0.3, -0.25) is 9.98 Å². The molecule has 1 aliphatic carbocycles. The maximum Gasteiger partial charge on any atom is 0.123 e. The van der Waals surface area contributed by atoms with E-state index in [1.165, 1.54) is 17.7 Å². The Hall–Kier alpha value is -4.52. The van der Waals surface area contributed by atoms with Crippen LogP contribution in [0.25, 0.3) is 27.7 Å². The smallest absolute Gasteiger partial charge is 0.123 e. The van der Waals surface area contributed by atoms with Crippen LogP contribution in [0.1, 0.15) is 37.0 Å². The van der Waals surface area contributed by atoms with Crippen LogP contribution in [0.5, 0.6) is 0 Å². The van der Waals surface area contributed by atoms with Gasteiger partial charge in [0.1, 0.15) is 11.6 Å². The van der Waals surface area contributed by atoms with Gasteiger partial charge in [0.15, 0.2) is 0 Å². The fraction of sp³-hybridized carbons (Fsp3) is 0.194. The molecule has 0 spiro atoms. The quantitative estimate of drug-likeness (QED) is 0.298. The molecule has 3 aromatic heterocycles. The SMILES string of the molecule is CC1=C\CCC=C(c2cnc(C)n2C)/C=C\1C(=NCC1=CN1)c1cc2c(-c3cccc(F)c3)nccc2[nH]1. The summed E-state index contributed by atoms with van der Waals surface area (Å²) in [5.74, 6) is 0.688. The summed E-state index contributed by atoms with van der Waals surface area (Å²) in [5, 5.41) is 4.08. The molecule has 2 aliphatic rings. The lowest BCUT2D eigenvalue weighted by Crippen LogP contribution is -2.10. The zero-order chi connectivity index (χ0) is 26.2. The fourth-order valence-corrected chi connectivity index (χ4v) is 4.85. The third-order valence-electron chi connectivity index (χ3n) is 7.13. The molecule has 0 saturated carbocycles. The average Bonchev–Trinajstić information content (AvgIpc) is 3.54. The first-order valence-corrected chi connectivity index (χ1v) is 12.8. The van der Waals surface area contributed by atoms with Crippen molar-refractivity contribution in [1.82, 2.24) is 24.8 Å². The summed E-state index contributed by atoms with van der Waals surface area (Å²) in [6.07, 6.45) is 14.3. The molecule has 38 heavy (non-hydrogen) atoms. The average molecular weight is 505 g/mol. The van der Waals surface area contributed by atoms with Crippen LogP contribution in [0.2, 0.25) is 0 Å². The van der Waals surface area contributed by atoms with E-state index in [9.17, 15) is 4.39 Å². The number of hydrogen-bond acceptors (Lipinski definition) is 4. The third kappa shape index (κ3) is 4.63. The first-order chi connectivity index (χ1) is 18.5. The molecule has 1 aromatic carbocycles. The number of hydrogen-bond donors (Lipinski definition) is 2. The predicted octanol–water partition coefficient (Wildman–Crippen LogP) is 6.39. The Labute approximate surface area is 221 Å². The molecule has 0 saturated heterocycles. The summed E-state index contributed by atoms with van der Waals surface area (Å²) in [5.41, 5.74) is 9.72. The molecule has 0 fully saturated rings. The van der Waals surface area contributed by atoms with Gasteiger partial charge in [0.2, 0.25) is 0 Å². The lowest BCUT2D eigenvalue weighted by atomic mass is 9.93. The first-order valence-electron chi connectivity index (χ1n) is 12.8. The van der Waals surface area contributed by atoms with Crippen molar-refractivity contribution in [2.45, 2.75) is 26.7 Å². The van der Waals surface area contributed by atoms with Gasteiger partial charge in [0, 0.05) is 41.5 Å². The monoisotopic (exact) mass is 504 g/mol. The van der Waals surface area contributed by atoms with Gasteiger partial charge in [0.25, 0.3) is 0 Å². The van der Waals surface area contributed by atoms with Crippen molar-refractivity contribution in [3.63, 3.8) is 0 Å². The van der Waals surface area contributed by atoms with Gasteiger partial charge in [-0.1, -0.05) is 24.3 Å². The fourth-order valence-electron chi connectivity index (χ4n) is 4.85. The minimum atomic E-state index is -0.283. The number of rotatable bonds is 6. The second-order valence-electron chi connectivity index (χ2n) is 9.72. The van der Waals surface area contributed by atoms with Gasteiger partial charge in [-0.15, -0.1) is 0 Å². The molecule has 0 bridgehead atoms. The van der Waals surface area contributed by atoms with Gasteiger partial charge in [-0.2, -0.15) is 0 Å². The van der Waals surface area contributed by atoms with E-state index >= 15 is 0 Å². The van der Waals surface area contributed by atoms with E-state index in [2.05, 4.69) is 56.1 Å². The molecular weight excluding hydrogens is 475 g/mol. The topological polar surface area (TPSA) is 80.8 Å². The van der Waals surface area contributed by atoms with Gasteiger partial charge in [0.05, 0.1) is 41.2 Å². The van der Waals surface area contributed by atoms with Crippen molar-refractivity contribution < 1.29 is 4.39 Å². The van der Waals surface area contributed by atoms with Crippen LogP contribution in [0.4, 0.5) is 4.39 Å². The summed E-state index contributed by atoms with van der Waals surface area (Å²) in [4.78, 5) is 17.8. The summed E-state index contributed by atoms with van der Waals surface area (Å²) in [6.45, 7) is 4.73. The lowest BCUT2D eigenvalue weighted by molar-refractivity contribution is 0.628. The highest BCUT2D eigenvalue weighted by atomic mass is 19.1. The molecule has 190 valence electrons. The van der Waals surface area contributed by atoms with Crippen molar-refractivity contribution in [3.05, 3.63) is 113 Å². The molecule has 4 aromatic rings. The van der Waals surface area contributed by atoms with E-state index in [-0.39, 0.29) is 5.82 Å². The van der Waals surface area contributed by atoms with E-state index in [0.717, 1.165) is 74.8 Å². The number of aromatic nitrogens is 4. The standard InChI is InChI=1S/C31H29FN6/c1-19-7-4-5-8-21(29-18-34-20(2)38(29)3)14-25(19)31(36-17-24-16-35-24)28-15-26-27(37-28)11-12-33-30(26)22-9-6-10-23(32)13-22/h6-16,18,35,37H,4-5,17H2,1-3H3/b19-7+,21-8?,25-14+,36-31?. The number of halogens is 1. The number of pyridine rings is 1. The minimum Gasteiger partial charge on any atom is -0.361 e. The predicted molar refractivity (Wildman–Crippen MR) is 151 cm³/mol. The number of aliphatic imine (C=N–C) groups is 1. The Morgan fingerprint density at radius 3 is 2.71 bits per heavy atom. The Morgan fingerprint density at radius 2 is 1.95 bits per heavy atom. The molecule has 6 nitrogen and oxygen atoms in total. The second-order valence-corrected chi connectivity index (χ2v) is 9.72. The number of imidazole rings is 1. The van der Waals surface area contributed by atoms with Gasteiger partial charge >= 0.3 is 0 Å². The van der Waals surface area contributed by atoms with Crippen LogP contribution in [0.3, 0.4) is 0 Å². The Morgan fingerprint density at radius 1 is 1.11 bits per heavy atom. The zero-order valence-electron chi connectivity index (χ0n) is 21.7. The number of fused-ring (bicyclic) bond motifs is 1. The largest absolute Gasteiger partial charge is 0.361 e. The van der Waals surface area contributed by atoms with Gasteiger partial charge in [-0.05, 0) is 68.2 Å². The molecule has 4 heterocycles. The molecule has 0 atom stereocenters. The number of allylic oxidation sites excluding steroid dienone is 6. The maximum atomic E-state index is 14.0. The van der Waals surface area contributed by atoms with Crippen molar-refractivity contribution in [2.75, 3.05) is 6.54 Å². The van der Waals surface area contributed by atoms with Gasteiger partial charge in [-0.25, -0.2) is 9.37 Å². The van der Waals surface area contributed by atoms with Crippen LogP contribution >= 0.6 is 0 Å². The van der Waals surface area contributed by atoms with E-state index in [0.29, 0.717) is 6.54 Å². The van der Waals surface area contributed by atoms with Crippen molar-refractivity contribution in [2.24, 2.45) is 12.0 Å². The van der Waals surface area contributed by atoms with Crippen LogP contribution < -0.4 is 5.32 Å². The molecule has 7 heteroatoms. The first kappa shape index (κ1) is 23.9. The molecule has 0 radical (unpaired) electrons. The molecule has 0 amide bonds. The summed E-state index contributed by atoms with van der Waals surface area (Å²) in [6, 6.07) is 10.6. The Balaban J connectivity index is 1.51. The number of benzene rings is 1. The third-order valence-corrected chi connectivity index (χ3v) is 7.13. The summed E-state index contributed by atoms with van der Waals surface area (Å²) >= 11 is 0. The maximum absolute atomic E-state index is 14.0. The second kappa shape index (κ2) is 9.74. The van der Waals surface area contributed by atoms with E-state index < -0.39 is 0 Å². The highest BCUT2D eigenvalue weighted by molar-refractivity contribution is 6.17. The highest BCUT2D eigenvalue weighted by Crippen LogP contribution is 2.31. The summed E-state index contributed by atoms with van der Waals surface area (Å²) in [7, 11) is 2.05. The Bertz CT molecular complexity index is 1710. The van der Waals surface area contributed by atoms with Crippen molar-refractivity contribution >= 4 is 22.2 Å². The van der Waals surface area contributed by atoms with Crippen LogP contribution in [-0.2, 0) is 7.05 Å². The van der Waals surface area contributed by atoms with Gasteiger partial charge < -0.3 is 14.9 Å². The lowest BCUT2D eigenvalue weighted by Gasteiger charge is -2.16. The van der Waals surface area contributed by atoms with E-state index in [1.54, 1.807) is 12.3 Å². The number of nitrogens with one attached hydrogen (secondary N) is 2. The molecule has 2 N–H and O–H groups in total. The summed E-state index contributed by atoms with van der Waals surface area (Å²) < 4.78 is 16.2. The van der Waals surface area contributed by atoms with E-state index in [4.69, 9.17) is 4.99 Å². The highest BCUT2D eigenvalue weighted by Gasteiger charge is 2.20.